The third-order valence-corrected chi connectivity index (χ3v) is 9.25. The van der Waals surface area contributed by atoms with E-state index in [1.54, 1.807) is 0 Å². The van der Waals surface area contributed by atoms with Crippen molar-refractivity contribution >= 4 is 19.8 Å². The van der Waals surface area contributed by atoms with Crippen molar-refractivity contribution in [2.45, 2.75) is 187 Å². The summed E-state index contributed by atoms with van der Waals surface area (Å²) in [4.78, 5) is 33.3. The zero-order chi connectivity index (χ0) is 35.6. The number of aliphatic carboxylic acids is 1. The van der Waals surface area contributed by atoms with Gasteiger partial charge in [0.05, 0.1) is 19.8 Å². The molecule has 0 spiro atoms. The number of phosphoric ester groups is 1. The van der Waals surface area contributed by atoms with Crippen molar-refractivity contribution in [3.63, 3.8) is 0 Å². The summed E-state index contributed by atoms with van der Waals surface area (Å²) in [6.45, 7) is 3.85. The molecule has 3 unspecified atom stereocenters. The lowest BCUT2D eigenvalue weighted by Gasteiger charge is -2.20. The molecule has 0 radical (unpaired) electrons. The van der Waals surface area contributed by atoms with Crippen LogP contribution in [-0.4, -0.2) is 60.5 Å². The summed E-state index contributed by atoms with van der Waals surface area (Å²) in [6, 6.07) is -1.47. The van der Waals surface area contributed by atoms with E-state index in [1.807, 2.05) is 0 Å². The molecule has 0 saturated heterocycles. The maximum absolute atomic E-state index is 12.5. The number of carboxylic acid groups (broad SMARTS) is 1. The van der Waals surface area contributed by atoms with Crippen LogP contribution in [0.15, 0.2) is 12.2 Å². The number of allylic oxidation sites excluding steroid dienone is 2. The summed E-state index contributed by atoms with van der Waals surface area (Å²) in [7, 11) is -4.60. The Hall–Kier alpha value is -1.29. The molecular weight excluding hydrogens is 633 g/mol. The predicted molar refractivity (Wildman–Crippen MR) is 194 cm³/mol. The first-order valence-corrected chi connectivity index (χ1v) is 20.7. The fraction of sp³-hybridized carbons (Fsp3) is 0.892. The molecule has 0 bridgehead atoms. The average Bonchev–Trinajstić information content (AvgIpc) is 3.06. The molecule has 11 heteroatoms. The van der Waals surface area contributed by atoms with Crippen LogP contribution in [0.3, 0.4) is 0 Å². The molecule has 0 rings (SSSR count). The van der Waals surface area contributed by atoms with Crippen molar-refractivity contribution < 1.29 is 42.7 Å². The number of esters is 1. The molecule has 48 heavy (non-hydrogen) atoms. The highest BCUT2D eigenvalue weighted by Crippen LogP contribution is 2.43. The lowest BCUT2D eigenvalue weighted by Crippen LogP contribution is -2.34. The third-order valence-electron chi connectivity index (χ3n) is 8.29. The predicted octanol–water partition coefficient (Wildman–Crippen LogP) is 9.81. The highest BCUT2D eigenvalue weighted by molar-refractivity contribution is 7.47. The molecule has 0 aromatic carbocycles. The van der Waals surface area contributed by atoms with Crippen molar-refractivity contribution in [1.82, 2.24) is 0 Å². The second-order valence-corrected chi connectivity index (χ2v) is 14.5. The van der Waals surface area contributed by atoms with Gasteiger partial charge in [-0.15, -0.1) is 0 Å². The Morgan fingerprint density at radius 2 is 1.08 bits per heavy atom. The summed E-state index contributed by atoms with van der Waals surface area (Å²) in [5, 5.41) is 8.86. The van der Waals surface area contributed by atoms with Crippen LogP contribution in [-0.2, 0) is 32.7 Å². The van der Waals surface area contributed by atoms with E-state index in [-0.39, 0.29) is 13.0 Å². The number of carbonyl (C=O) groups excluding carboxylic acids is 1. The van der Waals surface area contributed by atoms with Crippen LogP contribution < -0.4 is 5.73 Å². The fourth-order valence-corrected chi connectivity index (χ4v) is 6.02. The summed E-state index contributed by atoms with van der Waals surface area (Å²) < 4.78 is 33.2. The van der Waals surface area contributed by atoms with Crippen LogP contribution in [0.1, 0.15) is 174 Å². The molecule has 0 aromatic rings. The van der Waals surface area contributed by atoms with Crippen LogP contribution in [0.2, 0.25) is 0 Å². The van der Waals surface area contributed by atoms with E-state index in [0.717, 1.165) is 38.5 Å². The molecule has 0 aliphatic rings. The Balaban J connectivity index is 4.28. The van der Waals surface area contributed by atoms with Gasteiger partial charge in [0.1, 0.15) is 12.1 Å². The zero-order valence-corrected chi connectivity index (χ0v) is 31.5. The van der Waals surface area contributed by atoms with E-state index in [4.69, 9.17) is 24.8 Å². The highest BCUT2D eigenvalue weighted by atomic mass is 31.2. The van der Waals surface area contributed by atoms with Gasteiger partial charge in [-0.1, -0.05) is 142 Å². The Bertz CT molecular complexity index is 827. The Morgan fingerprint density at radius 3 is 1.58 bits per heavy atom. The minimum Gasteiger partial charge on any atom is -0.480 e. The molecular formula is C37H72NO9P. The summed E-state index contributed by atoms with van der Waals surface area (Å²) in [6.07, 6.45) is 32.6. The van der Waals surface area contributed by atoms with Gasteiger partial charge < -0.3 is 25.2 Å². The first-order valence-electron chi connectivity index (χ1n) is 19.2. The number of carbonyl (C=O) groups is 2. The lowest BCUT2D eigenvalue weighted by atomic mass is 10.1. The number of carboxylic acids is 1. The zero-order valence-electron chi connectivity index (χ0n) is 30.6. The van der Waals surface area contributed by atoms with Gasteiger partial charge in [-0.3, -0.25) is 18.6 Å². The maximum Gasteiger partial charge on any atom is 0.472 e. The van der Waals surface area contributed by atoms with Crippen LogP contribution in [0.4, 0.5) is 0 Å². The molecule has 0 fully saturated rings. The first-order chi connectivity index (χ1) is 23.2. The molecule has 0 aliphatic heterocycles. The van der Waals surface area contributed by atoms with Crippen LogP contribution >= 0.6 is 7.82 Å². The fourth-order valence-electron chi connectivity index (χ4n) is 5.24. The van der Waals surface area contributed by atoms with Crippen molar-refractivity contribution in [3.8, 4) is 0 Å². The van der Waals surface area contributed by atoms with Crippen molar-refractivity contribution in [1.29, 1.82) is 0 Å². The monoisotopic (exact) mass is 705 g/mol. The van der Waals surface area contributed by atoms with Gasteiger partial charge in [0.25, 0.3) is 0 Å². The highest BCUT2D eigenvalue weighted by Gasteiger charge is 2.27. The van der Waals surface area contributed by atoms with Gasteiger partial charge in [0, 0.05) is 13.0 Å². The van der Waals surface area contributed by atoms with Crippen molar-refractivity contribution in [2.24, 2.45) is 5.73 Å². The number of hydrogen-bond donors (Lipinski definition) is 3. The number of rotatable bonds is 37. The standard InChI is InChI=1S/C37H72NO9P/c1-3-5-7-9-11-13-15-16-17-18-20-22-24-26-28-30-44-31-34(32-45-48(42,43)46-33-35(38)37(40)41)47-36(39)29-27-25-23-21-19-14-12-10-8-6-4-2/h15-16,34-35H,3-14,17-33,38H2,1-2H3,(H,40,41)(H,42,43)/b16-15-. The van der Waals surface area contributed by atoms with Crippen molar-refractivity contribution in [2.75, 3.05) is 26.4 Å². The number of unbranched alkanes of at least 4 members (excludes halogenated alkanes) is 21. The minimum atomic E-state index is -4.60. The van der Waals surface area contributed by atoms with Gasteiger partial charge in [-0.05, 0) is 38.5 Å². The molecule has 0 amide bonds. The van der Waals surface area contributed by atoms with Gasteiger partial charge in [-0.25, -0.2) is 4.57 Å². The Morgan fingerprint density at radius 1 is 0.646 bits per heavy atom. The van der Waals surface area contributed by atoms with Gasteiger partial charge >= 0.3 is 19.8 Å². The smallest absolute Gasteiger partial charge is 0.472 e. The molecule has 3 atom stereocenters. The number of nitrogens with two attached hydrogens (primary N) is 1. The SMILES string of the molecule is CCCCCCC/C=C\CCCCCCCCOCC(COP(=O)(O)OCC(N)C(=O)O)OC(=O)CCCCCCCCCCCCC. The molecule has 4 N–H and O–H groups in total. The van der Waals surface area contributed by atoms with Crippen molar-refractivity contribution in [3.05, 3.63) is 12.2 Å². The molecule has 0 heterocycles. The average molecular weight is 706 g/mol. The second-order valence-electron chi connectivity index (χ2n) is 13.1. The van der Waals surface area contributed by atoms with E-state index in [0.29, 0.717) is 13.0 Å². The lowest BCUT2D eigenvalue weighted by molar-refractivity contribution is -0.154. The summed E-state index contributed by atoms with van der Waals surface area (Å²) in [5.41, 5.74) is 5.33. The third kappa shape index (κ3) is 33.2. The number of ether oxygens (including phenoxy) is 2. The molecule has 0 aromatic heterocycles. The topological polar surface area (TPSA) is 155 Å². The van der Waals surface area contributed by atoms with E-state index in [1.165, 1.54) is 109 Å². The normalized spacial score (nSPS) is 14.2. The Kier molecular flexibility index (Phi) is 33.3. The quantitative estimate of drug-likeness (QED) is 0.0246. The number of phosphoric acid groups is 1. The molecule has 10 nitrogen and oxygen atoms in total. The van der Waals surface area contributed by atoms with E-state index in [9.17, 15) is 19.0 Å². The van der Waals surface area contributed by atoms with Gasteiger partial charge in [-0.2, -0.15) is 0 Å². The summed E-state index contributed by atoms with van der Waals surface area (Å²) in [5.74, 6) is -1.78. The van der Waals surface area contributed by atoms with Crippen LogP contribution in [0.5, 0.6) is 0 Å². The number of hydrogen-bond acceptors (Lipinski definition) is 8. The largest absolute Gasteiger partial charge is 0.480 e. The van der Waals surface area contributed by atoms with Crippen LogP contribution in [0, 0.1) is 0 Å². The molecule has 284 valence electrons. The second kappa shape index (κ2) is 34.2. The van der Waals surface area contributed by atoms with E-state index in [2.05, 4.69) is 30.5 Å². The summed E-state index contributed by atoms with van der Waals surface area (Å²) >= 11 is 0. The van der Waals surface area contributed by atoms with Crippen LogP contribution in [0.25, 0.3) is 0 Å². The molecule has 0 aliphatic carbocycles. The van der Waals surface area contributed by atoms with E-state index < -0.39 is 45.1 Å². The van der Waals surface area contributed by atoms with Gasteiger partial charge in [0.15, 0.2) is 0 Å². The molecule has 0 saturated carbocycles. The van der Waals surface area contributed by atoms with Gasteiger partial charge in [0.2, 0.25) is 0 Å². The first kappa shape index (κ1) is 46.7. The maximum atomic E-state index is 12.5. The minimum absolute atomic E-state index is 0.0174. The Labute approximate surface area is 292 Å². The van der Waals surface area contributed by atoms with E-state index >= 15 is 0 Å².